The van der Waals surface area contributed by atoms with Gasteiger partial charge in [-0.05, 0) is 55.3 Å². The highest BCUT2D eigenvalue weighted by atomic mass is 19.1. The van der Waals surface area contributed by atoms with Crippen LogP contribution in [0.5, 0.6) is 11.5 Å². The number of fused-ring (bicyclic) bond motifs is 1. The third-order valence-electron chi connectivity index (χ3n) is 6.65. The van der Waals surface area contributed by atoms with Crippen LogP contribution in [0.3, 0.4) is 0 Å². The molecule has 0 unspecified atom stereocenters. The van der Waals surface area contributed by atoms with Crippen molar-refractivity contribution < 1.29 is 23.0 Å². The number of carbonyl (C=O) groups is 1. The molecule has 3 N–H and O–H groups in total. The second-order valence-electron chi connectivity index (χ2n) is 9.58. The minimum atomic E-state index is -0.767. The van der Waals surface area contributed by atoms with E-state index in [2.05, 4.69) is 30.9 Å². The number of rotatable bonds is 9. The lowest BCUT2D eigenvalue weighted by molar-refractivity contribution is 0.102. The van der Waals surface area contributed by atoms with Crippen molar-refractivity contribution in [3.8, 4) is 17.2 Å². The molecule has 1 fully saturated rings. The second kappa shape index (κ2) is 10.4. The molecule has 1 saturated carbocycles. The van der Waals surface area contributed by atoms with Crippen LogP contribution in [0.25, 0.3) is 16.7 Å². The molecule has 2 aromatic carbocycles. The summed E-state index contributed by atoms with van der Waals surface area (Å²) in [5.41, 5.74) is -0.318. The Bertz CT molecular complexity index is 1820. The van der Waals surface area contributed by atoms with Gasteiger partial charge in [0.15, 0.2) is 23.0 Å². The van der Waals surface area contributed by atoms with Gasteiger partial charge in [-0.2, -0.15) is 14.9 Å². The smallest absolute Gasteiger partial charge is 0.284 e. The number of anilines is 2. The number of halogens is 2. The Labute approximate surface area is 231 Å². The number of H-pyrrole nitrogens is 1. The van der Waals surface area contributed by atoms with Gasteiger partial charge in [-0.3, -0.25) is 14.7 Å². The Morgan fingerprint density at radius 2 is 1.88 bits per heavy atom. The number of ether oxygens (including phenoxy) is 2. The lowest BCUT2D eigenvalue weighted by atomic mass is 10.2. The summed E-state index contributed by atoms with van der Waals surface area (Å²) in [5, 5.41) is 17.6. The number of aromatic amines is 1. The number of aromatic nitrogens is 5. The third-order valence-corrected chi connectivity index (χ3v) is 6.65. The van der Waals surface area contributed by atoms with E-state index >= 15 is 4.39 Å². The number of methoxy groups -OCH3 is 1. The molecule has 0 aliphatic heterocycles. The van der Waals surface area contributed by atoms with E-state index in [4.69, 9.17) is 9.47 Å². The molecule has 0 atom stereocenters. The van der Waals surface area contributed by atoms with Crippen LogP contribution >= 0.6 is 0 Å². The van der Waals surface area contributed by atoms with E-state index in [-0.39, 0.29) is 28.2 Å². The Hall–Kier alpha value is -5.17. The summed E-state index contributed by atoms with van der Waals surface area (Å²) in [5.74, 6) is -1.24. The topological polar surface area (TPSA) is 136 Å². The number of carbonyl (C=O) groups excluding carboxylic acids is 1. The van der Waals surface area contributed by atoms with Crippen LogP contribution in [-0.4, -0.2) is 50.1 Å². The van der Waals surface area contributed by atoms with E-state index in [1.54, 1.807) is 13.2 Å². The summed E-state index contributed by atoms with van der Waals surface area (Å²) in [7, 11) is 1.64. The number of hydrogen-bond acceptors (Lipinski definition) is 8. The zero-order chi connectivity index (χ0) is 28.6. The maximum Gasteiger partial charge on any atom is 0.284 e. The van der Waals surface area contributed by atoms with Crippen molar-refractivity contribution in [2.24, 2.45) is 0 Å². The fraction of sp³-hybridized carbons (Fsp3) is 0.179. The Morgan fingerprint density at radius 3 is 2.61 bits per heavy atom. The first-order valence-electron chi connectivity index (χ1n) is 12.6. The predicted molar refractivity (Wildman–Crippen MR) is 146 cm³/mol. The zero-order valence-corrected chi connectivity index (χ0v) is 21.6. The van der Waals surface area contributed by atoms with Crippen molar-refractivity contribution in [3.05, 3.63) is 94.5 Å². The summed E-state index contributed by atoms with van der Waals surface area (Å²) < 4.78 is 40.6. The van der Waals surface area contributed by atoms with Gasteiger partial charge in [-0.15, -0.1) is 0 Å². The zero-order valence-electron chi connectivity index (χ0n) is 21.6. The van der Waals surface area contributed by atoms with Gasteiger partial charge >= 0.3 is 0 Å². The number of nitrogens with zero attached hydrogens (tertiary/aromatic N) is 4. The van der Waals surface area contributed by atoms with Gasteiger partial charge in [-0.25, -0.2) is 13.8 Å². The minimum absolute atomic E-state index is 0.0942. The van der Waals surface area contributed by atoms with E-state index < -0.39 is 23.1 Å². The molecule has 0 radical (unpaired) electrons. The van der Waals surface area contributed by atoms with Crippen LogP contribution in [-0.2, 0) is 4.74 Å². The van der Waals surface area contributed by atoms with Crippen molar-refractivity contribution in [3.63, 3.8) is 0 Å². The second-order valence-corrected chi connectivity index (χ2v) is 9.58. The maximum absolute atomic E-state index is 15.1. The quantitative estimate of drug-likeness (QED) is 0.242. The summed E-state index contributed by atoms with van der Waals surface area (Å²) in [4.78, 5) is 30.0. The number of nitrogens with one attached hydrogen (secondary N) is 3. The highest BCUT2D eigenvalue weighted by Gasteiger charge is 2.43. The van der Waals surface area contributed by atoms with E-state index in [1.807, 2.05) is 0 Å². The summed E-state index contributed by atoms with van der Waals surface area (Å²) in [6.07, 6.45) is 4.63. The van der Waals surface area contributed by atoms with Gasteiger partial charge in [0.2, 0.25) is 0 Å². The van der Waals surface area contributed by atoms with E-state index in [9.17, 15) is 14.0 Å². The molecule has 0 spiro atoms. The van der Waals surface area contributed by atoms with Gasteiger partial charge < -0.3 is 20.1 Å². The highest BCUT2D eigenvalue weighted by Crippen LogP contribution is 2.42. The number of hydrogen-bond donors (Lipinski definition) is 3. The number of pyridine rings is 1. The molecule has 3 heterocycles. The van der Waals surface area contributed by atoms with Crippen molar-refractivity contribution >= 4 is 28.4 Å². The fourth-order valence-corrected chi connectivity index (χ4v) is 4.41. The number of amides is 1. The van der Waals surface area contributed by atoms with Crippen LogP contribution in [0.2, 0.25) is 0 Å². The molecule has 1 amide bonds. The highest BCUT2D eigenvalue weighted by molar-refractivity contribution is 6.04. The molecule has 0 saturated heterocycles. The summed E-state index contributed by atoms with van der Waals surface area (Å²) in [6, 6.07) is 11.8. The third kappa shape index (κ3) is 5.22. The first kappa shape index (κ1) is 26.1. The summed E-state index contributed by atoms with van der Waals surface area (Å²) >= 11 is 0. The molecule has 3 aromatic heterocycles. The molecular formula is C28H23F2N7O4. The van der Waals surface area contributed by atoms with Crippen LogP contribution < -0.4 is 20.9 Å². The molecule has 208 valence electrons. The van der Waals surface area contributed by atoms with Crippen LogP contribution in [0.15, 0.2) is 71.8 Å². The monoisotopic (exact) mass is 559 g/mol. The normalized spacial score (nSPS) is 13.6. The molecular weight excluding hydrogens is 536 g/mol. The Morgan fingerprint density at radius 1 is 1.07 bits per heavy atom. The molecule has 11 nitrogen and oxygen atoms in total. The van der Waals surface area contributed by atoms with Gasteiger partial charge in [0, 0.05) is 37.3 Å². The first-order chi connectivity index (χ1) is 19.9. The fourth-order valence-electron chi connectivity index (χ4n) is 4.41. The van der Waals surface area contributed by atoms with Gasteiger partial charge in [-0.1, -0.05) is 0 Å². The van der Waals surface area contributed by atoms with E-state index in [0.29, 0.717) is 29.2 Å². The van der Waals surface area contributed by atoms with Crippen LogP contribution in [0, 0.1) is 11.6 Å². The van der Waals surface area contributed by atoms with Crippen LogP contribution in [0.4, 0.5) is 20.3 Å². The lowest BCUT2D eigenvalue weighted by Crippen LogP contribution is -2.29. The van der Waals surface area contributed by atoms with E-state index in [1.165, 1.54) is 54.9 Å². The molecule has 6 rings (SSSR count). The Balaban J connectivity index is 1.21. The van der Waals surface area contributed by atoms with Crippen molar-refractivity contribution in [1.82, 2.24) is 25.0 Å². The predicted octanol–water partition coefficient (Wildman–Crippen LogP) is 4.42. The standard InChI is InChI=1S/C28H23F2N7O4/c1-40-15-28(10-11-28)34-25-23-22(9-12-31-24(23)35-36-25)41-21-7-4-17(14-20(21)30)33-26(38)19-8-13-32-37(27(19)39)18-5-2-16(29)3-6-18/h2-9,12-14H,10-11,15H2,1H3,(H,33,38)(H2,31,34,35,36). The molecule has 5 aromatic rings. The summed E-state index contributed by atoms with van der Waals surface area (Å²) in [6.45, 7) is 0.513. The molecule has 1 aliphatic rings. The van der Waals surface area contributed by atoms with Crippen molar-refractivity contribution in [1.29, 1.82) is 0 Å². The van der Waals surface area contributed by atoms with Gasteiger partial charge in [0.25, 0.3) is 11.5 Å². The lowest BCUT2D eigenvalue weighted by Gasteiger charge is -2.16. The average molecular weight is 560 g/mol. The molecule has 1 aliphatic carbocycles. The van der Waals surface area contributed by atoms with Crippen molar-refractivity contribution in [2.75, 3.05) is 24.4 Å². The SMILES string of the molecule is COCC1(Nc2n[nH]c3nccc(Oc4ccc(NC(=O)c5ccnn(-c6ccc(F)cc6)c5=O)cc4F)c23)CC1. The van der Waals surface area contributed by atoms with Crippen molar-refractivity contribution in [2.45, 2.75) is 18.4 Å². The van der Waals surface area contributed by atoms with Crippen LogP contribution in [0.1, 0.15) is 23.2 Å². The molecule has 0 bridgehead atoms. The maximum atomic E-state index is 15.1. The van der Waals surface area contributed by atoms with Gasteiger partial charge in [0.05, 0.1) is 17.8 Å². The minimum Gasteiger partial charge on any atom is -0.453 e. The van der Waals surface area contributed by atoms with E-state index in [0.717, 1.165) is 23.6 Å². The van der Waals surface area contributed by atoms with Gasteiger partial charge in [0.1, 0.15) is 22.5 Å². The Kier molecular flexibility index (Phi) is 6.63. The molecule has 13 heteroatoms. The average Bonchev–Trinajstić information content (AvgIpc) is 3.59. The number of benzene rings is 2. The molecule has 41 heavy (non-hydrogen) atoms. The largest absolute Gasteiger partial charge is 0.453 e. The first-order valence-corrected chi connectivity index (χ1v) is 12.6.